The molecule has 1 aliphatic rings. The summed E-state index contributed by atoms with van der Waals surface area (Å²) in [4.78, 5) is 24.2. The molecule has 1 amide bonds. The van der Waals surface area contributed by atoms with Crippen LogP contribution in [0.15, 0.2) is 24.3 Å². The fourth-order valence-corrected chi connectivity index (χ4v) is 3.73. The van der Waals surface area contributed by atoms with Crippen molar-refractivity contribution in [3.63, 3.8) is 0 Å². The molecule has 0 bridgehead atoms. The van der Waals surface area contributed by atoms with E-state index in [1.165, 1.54) is 13.8 Å². The summed E-state index contributed by atoms with van der Waals surface area (Å²) >= 11 is 0. The second kappa shape index (κ2) is 11.6. The first-order valence-corrected chi connectivity index (χ1v) is 11.4. The van der Waals surface area contributed by atoms with E-state index in [2.05, 4.69) is 25.7 Å². The lowest BCUT2D eigenvalue weighted by molar-refractivity contribution is -0.294. The van der Waals surface area contributed by atoms with Gasteiger partial charge in [-0.15, -0.1) is 20.4 Å². The molecule has 1 aromatic carbocycles. The molecule has 2 aromatic rings. The van der Waals surface area contributed by atoms with Crippen molar-refractivity contribution in [1.82, 2.24) is 25.7 Å². The molecule has 3 rings (SSSR count). The van der Waals surface area contributed by atoms with Crippen molar-refractivity contribution < 1.29 is 34.4 Å². The molecule has 0 spiro atoms. The Morgan fingerprint density at radius 2 is 1.71 bits per heavy atom. The Hall–Kier alpha value is -3.06. The zero-order valence-corrected chi connectivity index (χ0v) is 20.0. The Morgan fingerprint density at radius 1 is 1.09 bits per heavy atom. The number of amides is 1. The van der Waals surface area contributed by atoms with Crippen LogP contribution in [-0.4, -0.2) is 78.3 Å². The normalized spacial score (nSPS) is 26.1. The number of aryl methyl sites for hydroxylation is 1. The minimum Gasteiger partial charge on any atom is -0.481 e. The van der Waals surface area contributed by atoms with Crippen molar-refractivity contribution in [2.45, 2.75) is 71.4 Å². The Labute approximate surface area is 202 Å². The molecule has 7 atom stereocenters. The van der Waals surface area contributed by atoms with Crippen LogP contribution in [0.4, 0.5) is 0 Å². The van der Waals surface area contributed by atoms with E-state index in [-0.39, 0.29) is 6.54 Å². The molecule has 190 valence electrons. The van der Waals surface area contributed by atoms with Crippen LogP contribution in [0.3, 0.4) is 0 Å². The number of aliphatic hydroxyl groups is 2. The summed E-state index contributed by atoms with van der Waals surface area (Å²) < 4.78 is 11.3. The number of rotatable bonds is 9. The van der Waals surface area contributed by atoms with Gasteiger partial charge in [-0.25, -0.2) is 0 Å². The van der Waals surface area contributed by atoms with Gasteiger partial charge in [-0.1, -0.05) is 31.2 Å². The third kappa shape index (κ3) is 6.34. The van der Waals surface area contributed by atoms with Crippen molar-refractivity contribution in [1.29, 1.82) is 0 Å². The molecule has 0 aliphatic carbocycles. The van der Waals surface area contributed by atoms with Gasteiger partial charge in [0.1, 0.15) is 12.2 Å². The number of nitrogens with zero attached hydrogens (tertiary/aromatic N) is 4. The zero-order chi connectivity index (χ0) is 25.7. The van der Waals surface area contributed by atoms with Crippen LogP contribution in [0.1, 0.15) is 38.6 Å². The van der Waals surface area contributed by atoms with Crippen LogP contribution >= 0.6 is 0 Å². The summed E-state index contributed by atoms with van der Waals surface area (Å²) in [5.74, 6) is -2.24. The average molecular weight is 490 g/mol. The van der Waals surface area contributed by atoms with E-state index in [4.69, 9.17) is 9.47 Å². The monoisotopic (exact) mass is 489 g/mol. The first-order valence-electron chi connectivity index (χ1n) is 11.4. The number of hydrogen-bond donors (Lipinski definition) is 4. The summed E-state index contributed by atoms with van der Waals surface area (Å²) in [6.45, 7) is 6.65. The van der Waals surface area contributed by atoms with Gasteiger partial charge in [-0.05, 0) is 32.8 Å². The summed E-state index contributed by atoms with van der Waals surface area (Å²) in [7, 11) is 0. The first-order chi connectivity index (χ1) is 16.6. The van der Waals surface area contributed by atoms with Crippen LogP contribution in [0.5, 0.6) is 0 Å². The van der Waals surface area contributed by atoms with E-state index < -0.39 is 54.4 Å². The third-order valence-corrected chi connectivity index (χ3v) is 6.17. The summed E-state index contributed by atoms with van der Waals surface area (Å²) in [5.41, 5.74) is 1.53. The van der Waals surface area contributed by atoms with Gasteiger partial charge < -0.3 is 30.1 Å². The van der Waals surface area contributed by atoms with Crippen molar-refractivity contribution in [2.75, 3.05) is 0 Å². The Morgan fingerprint density at radius 3 is 2.29 bits per heavy atom. The van der Waals surface area contributed by atoms with Gasteiger partial charge in [0.2, 0.25) is 11.7 Å². The highest BCUT2D eigenvalue weighted by Gasteiger charge is 2.47. The lowest BCUT2D eigenvalue weighted by Crippen LogP contribution is -2.59. The summed E-state index contributed by atoms with van der Waals surface area (Å²) in [6, 6.07) is 7.18. The number of carbonyl (C=O) groups is 2. The Kier molecular flexibility index (Phi) is 8.78. The largest absolute Gasteiger partial charge is 0.481 e. The van der Waals surface area contributed by atoms with E-state index in [9.17, 15) is 24.9 Å². The average Bonchev–Trinajstić information content (AvgIpc) is 2.85. The van der Waals surface area contributed by atoms with E-state index >= 15 is 0 Å². The van der Waals surface area contributed by atoms with Crippen molar-refractivity contribution in [2.24, 2.45) is 11.8 Å². The number of carboxylic acids is 1. The van der Waals surface area contributed by atoms with Crippen LogP contribution in [0, 0.1) is 18.8 Å². The van der Waals surface area contributed by atoms with Gasteiger partial charge in [0.05, 0.1) is 18.1 Å². The minimum atomic E-state index is -1.42. The molecule has 6 unspecified atom stereocenters. The number of aromatic nitrogens is 4. The van der Waals surface area contributed by atoms with Gasteiger partial charge in [0, 0.05) is 18.0 Å². The molecule has 1 fully saturated rings. The van der Waals surface area contributed by atoms with Gasteiger partial charge in [-0.3, -0.25) is 9.59 Å². The van der Waals surface area contributed by atoms with Gasteiger partial charge >= 0.3 is 5.97 Å². The molecule has 4 N–H and O–H groups in total. The molecule has 0 saturated carbocycles. The van der Waals surface area contributed by atoms with Crippen molar-refractivity contribution in [3.8, 4) is 11.4 Å². The van der Waals surface area contributed by atoms with Crippen molar-refractivity contribution >= 4 is 11.9 Å². The van der Waals surface area contributed by atoms with E-state index in [0.29, 0.717) is 18.1 Å². The first kappa shape index (κ1) is 26.5. The van der Waals surface area contributed by atoms with Crippen LogP contribution in [0.2, 0.25) is 0 Å². The van der Waals surface area contributed by atoms with Crippen LogP contribution < -0.4 is 5.32 Å². The number of aliphatic hydroxyl groups excluding tert-OH is 2. The molecule has 12 heteroatoms. The van der Waals surface area contributed by atoms with Gasteiger partial charge in [0.15, 0.2) is 12.1 Å². The van der Waals surface area contributed by atoms with E-state index in [1.54, 1.807) is 38.1 Å². The quantitative estimate of drug-likeness (QED) is 0.385. The number of benzene rings is 1. The topological polar surface area (TPSA) is 177 Å². The van der Waals surface area contributed by atoms with Gasteiger partial charge in [-0.2, -0.15) is 0 Å². The van der Waals surface area contributed by atoms with Gasteiger partial charge in [0.25, 0.3) is 0 Å². The molecule has 1 saturated heterocycles. The maximum absolute atomic E-state index is 13.0. The lowest BCUT2D eigenvalue weighted by atomic mass is 9.86. The summed E-state index contributed by atoms with van der Waals surface area (Å²) in [5, 5.41) is 48.8. The van der Waals surface area contributed by atoms with E-state index in [1.807, 2.05) is 0 Å². The van der Waals surface area contributed by atoms with Crippen LogP contribution in [0.25, 0.3) is 11.4 Å². The highest BCUT2D eigenvalue weighted by molar-refractivity contribution is 5.81. The zero-order valence-electron chi connectivity index (χ0n) is 20.0. The number of nitrogens with one attached hydrogen (secondary N) is 1. The Bertz CT molecular complexity index is 1000. The molecular formula is C23H31N5O7. The highest BCUT2D eigenvalue weighted by atomic mass is 16.7. The number of hydrogen-bond acceptors (Lipinski definition) is 10. The molecule has 35 heavy (non-hydrogen) atoms. The van der Waals surface area contributed by atoms with Crippen LogP contribution in [-0.2, 0) is 25.6 Å². The number of ether oxygens (including phenoxy) is 2. The maximum atomic E-state index is 13.0. The number of aliphatic carboxylic acids is 1. The predicted octanol–water partition coefficient (Wildman–Crippen LogP) is 0.457. The third-order valence-electron chi connectivity index (χ3n) is 6.17. The molecule has 1 aromatic heterocycles. The maximum Gasteiger partial charge on any atom is 0.308 e. The molecule has 12 nitrogen and oxygen atoms in total. The smallest absolute Gasteiger partial charge is 0.308 e. The lowest BCUT2D eigenvalue weighted by Gasteiger charge is -2.42. The Balaban J connectivity index is 1.64. The molecule has 2 heterocycles. The van der Waals surface area contributed by atoms with Crippen molar-refractivity contribution in [3.05, 3.63) is 35.7 Å². The number of carbonyl (C=O) groups excluding carboxylic acids is 1. The standard InChI is InChI=1S/C23H31N5O7/c1-5-16-17(29)18(30)23(34-12(3)11(2)22(32)33)35-19(16)21(31)24-10-14-6-8-15(9-7-14)20-27-25-13(4)26-28-20/h6-9,11-12,16-19,23,29-30H,5,10H2,1-4H3,(H,24,31)(H,32,33)/t11?,12-,16?,17?,18?,19?,23?/m0/s1. The number of carboxylic acid groups (broad SMARTS) is 1. The summed E-state index contributed by atoms with van der Waals surface area (Å²) in [6.07, 6.45) is -5.59. The molecular weight excluding hydrogens is 458 g/mol. The van der Waals surface area contributed by atoms with E-state index in [0.717, 1.165) is 11.1 Å². The second-order valence-electron chi connectivity index (χ2n) is 8.63. The molecule has 0 radical (unpaired) electrons. The minimum absolute atomic E-state index is 0.192. The SMILES string of the molecule is CCC1C(C(=O)NCc2ccc(-c3nnc(C)nn3)cc2)OC(O[C@@H](C)C(C)C(=O)O)C(O)C1O. The fourth-order valence-electron chi connectivity index (χ4n) is 3.73. The predicted molar refractivity (Wildman–Crippen MR) is 121 cm³/mol. The molecule has 1 aliphatic heterocycles. The fraction of sp³-hybridized carbons (Fsp3) is 0.565. The second-order valence-corrected chi connectivity index (χ2v) is 8.63. The highest BCUT2D eigenvalue weighted by Crippen LogP contribution is 2.31.